The number of rotatable bonds is 3. The molecule has 15 heavy (non-hydrogen) atoms. The molecule has 0 spiro atoms. The summed E-state index contributed by atoms with van der Waals surface area (Å²) in [6.45, 7) is 0. The number of hydrogen-bond donors (Lipinski definition) is 0. The van der Waals surface area contributed by atoms with E-state index in [1.165, 1.54) is 7.11 Å². The van der Waals surface area contributed by atoms with Crippen molar-refractivity contribution in [3.05, 3.63) is 40.4 Å². The average molecular weight is 337 g/mol. The van der Waals surface area contributed by atoms with Crippen LogP contribution in [0, 0.1) is 0 Å². The third kappa shape index (κ3) is 3.83. The van der Waals surface area contributed by atoms with Crippen LogP contribution in [0.3, 0.4) is 0 Å². The fourth-order valence-electron chi connectivity index (χ4n) is 1.04. The zero-order valence-electron chi connectivity index (χ0n) is 8.17. The summed E-state index contributed by atoms with van der Waals surface area (Å²) >= 11 is 7.88. The molecule has 1 rings (SSSR count). The van der Waals surface area contributed by atoms with Crippen LogP contribution >= 0.6 is 34.2 Å². The number of carbonyl (C=O) groups excluding carboxylic acids is 1. The molecule has 0 aliphatic heterocycles. The van der Waals surface area contributed by atoms with Gasteiger partial charge in [-0.25, -0.2) is 4.79 Å². The largest absolute Gasteiger partial charge is 0.466 e. The summed E-state index contributed by atoms with van der Waals surface area (Å²) in [5.41, 5.74) is 1.58. The quantitative estimate of drug-likeness (QED) is 0.366. The Morgan fingerprint density at radius 2 is 2.07 bits per heavy atom. The summed E-state index contributed by atoms with van der Waals surface area (Å²) in [5, 5.41) is 0.682. The fourth-order valence-corrected chi connectivity index (χ4v) is 1.70. The second-order valence-corrected chi connectivity index (χ2v) is 4.05. The lowest BCUT2D eigenvalue weighted by molar-refractivity contribution is -0.135. The van der Waals surface area contributed by atoms with Crippen molar-refractivity contribution in [1.29, 1.82) is 0 Å². The number of alkyl halides is 1. The lowest BCUT2D eigenvalue weighted by atomic mass is 10.1. The second kappa shape index (κ2) is 6.12. The van der Waals surface area contributed by atoms with E-state index in [1.807, 2.05) is 12.1 Å². The standard InChI is InChI=1S/C11H10ClIO2/c1-15-11(14)9(7-13)6-8-2-4-10(12)5-3-8/h2-6H,7H2,1H3/b9-6+. The zero-order chi connectivity index (χ0) is 11.3. The third-order valence-electron chi connectivity index (χ3n) is 1.80. The molecule has 0 N–H and O–H groups in total. The van der Waals surface area contributed by atoms with Crippen LogP contribution in [0.15, 0.2) is 29.8 Å². The summed E-state index contributed by atoms with van der Waals surface area (Å²) < 4.78 is 5.28. The van der Waals surface area contributed by atoms with Gasteiger partial charge < -0.3 is 4.74 Å². The first-order valence-electron chi connectivity index (χ1n) is 4.28. The molecule has 1 aromatic carbocycles. The number of benzene rings is 1. The van der Waals surface area contributed by atoms with E-state index >= 15 is 0 Å². The van der Waals surface area contributed by atoms with Crippen LogP contribution in [0.4, 0.5) is 0 Å². The van der Waals surface area contributed by atoms with Crippen LogP contribution in [-0.2, 0) is 9.53 Å². The van der Waals surface area contributed by atoms with Gasteiger partial charge in [-0.05, 0) is 23.8 Å². The maximum Gasteiger partial charge on any atom is 0.334 e. The Bertz CT molecular complexity index is 371. The maximum absolute atomic E-state index is 11.3. The van der Waals surface area contributed by atoms with Gasteiger partial charge in [-0.1, -0.05) is 46.3 Å². The lowest BCUT2D eigenvalue weighted by Gasteiger charge is -2.01. The molecule has 1 aromatic rings. The minimum absolute atomic E-state index is 0.292. The monoisotopic (exact) mass is 336 g/mol. The van der Waals surface area contributed by atoms with Gasteiger partial charge in [0, 0.05) is 15.0 Å². The van der Waals surface area contributed by atoms with E-state index in [0.29, 0.717) is 15.0 Å². The number of esters is 1. The highest BCUT2D eigenvalue weighted by molar-refractivity contribution is 14.1. The molecule has 0 heterocycles. The summed E-state index contributed by atoms with van der Waals surface area (Å²) in [4.78, 5) is 11.3. The van der Waals surface area contributed by atoms with Gasteiger partial charge in [0.25, 0.3) is 0 Å². The fraction of sp³-hybridized carbons (Fsp3) is 0.182. The van der Waals surface area contributed by atoms with Crippen LogP contribution in [0.2, 0.25) is 5.02 Å². The summed E-state index contributed by atoms with van der Waals surface area (Å²) in [5.74, 6) is -0.292. The first-order valence-corrected chi connectivity index (χ1v) is 6.18. The van der Waals surface area contributed by atoms with Gasteiger partial charge in [0.05, 0.1) is 7.11 Å². The van der Waals surface area contributed by atoms with Crippen molar-refractivity contribution >= 4 is 46.2 Å². The molecule has 2 nitrogen and oxygen atoms in total. The van der Waals surface area contributed by atoms with Crippen molar-refractivity contribution in [3.8, 4) is 0 Å². The number of halogens is 2. The molecule has 0 aromatic heterocycles. The van der Waals surface area contributed by atoms with Crippen molar-refractivity contribution in [1.82, 2.24) is 0 Å². The van der Waals surface area contributed by atoms with Crippen molar-refractivity contribution in [2.75, 3.05) is 11.5 Å². The zero-order valence-corrected chi connectivity index (χ0v) is 11.1. The molecule has 0 amide bonds. The van der Waals surface area contributed by atoms with Crippen LogP contribution in [0.25, 0.3) is 6.08 Å². The number of carbonyl (C=O) groups is 1. The number of methoxy groups -OCH3 is 1. The van der Waals surface area contributed by atoms with Crippen LogP contribution in [0.1, 0.15) is 5.56 Å². The molecule has 0 aliphatic rings. The molecule has 0 radical (unpaired) electrons. The molecule has 0 unspecified atom stereocenters. The smallest absolute Gasteiger partial charge is 0.334 e. The first kappa shape index (κ1) is 12.5. The SMILES string of the molecule is COC(=O)/C(=C/c1ccc(Cl)cc1)CI. The predicted octanol–water partition coefficient (Wildman–Crippen LogP) is 3.33. The van der Waals surface area contributed by atoms with Crippen molar-refractivity contribution in [2.45, 2.75) is 0 Å². The van der Waals surface area contributed by atoms with E-state index in [9.17, 15) is 4.79 Å². The van der Waals surface area contributed by atoms with E-state index in [-0.39, 0.29) is 5.97 Å². The van der Waals surface area contributed by atoms with Gasteiger partial charge in [-0.3, -0.25) is 0 Å². The second-order valence-electron chi connectivity index (χ2n) is 2.85. The average Bonchev–Trinajstić information content (AvgIpc) is 2.27. The predicted molar refractivity (Wildman–Crippen MR) is 70.3 cm³/mol. The Labute approximate surface area is 107 Å². The molecular weight excluding hydrogens is 326 g/mol. The summed E-state index contributed by atoms with van der Waals surface area (Å²) in [7, 11) is 1.38. The Balaban J connectivity index is 2.93. The van der Waals surface area contributed by atoms with Crippen molar-refractivity contribution in [3.63, 3.8) is 0 Å². The lowest BCUT2D eigenvalue weighted by Crippen LogP contribution is -2.05. The highest BCUT2D eigenvalue weighted by Crippen LogP contribution is 2.14. The first-order chi connectivity index (χ1) is 7.17. The van der Waals surface area contributed by atoms with Gasteiger partial charge in [0.2, 0.25) is 0 Å². The van der Waals surface area contributed by atoms with Gasteiger partial charge in [0.15, 0.2) is 0 Å². The third-order valence-corrected chi connectivity index (χ3v) is 2.88. The van der Waals surface area contributed by atoms with E-state index in [0.717, 1.165) is 5.56 Å². The normalized spacial score (nSPS) is 11.3. The van der Waals surface area contributed by atoms with Crippen molar-refractivity contribution < 1.29 is 9.53 Å². The van der Waals surface area contributed by atoms with E-state index < -0.39 is 0 Å². The van der Waals surface area contributed by atoms with Gasteiger partial charge >= 0.3 is 5.97 Å². The Hall–Kier alpha value is -0.550. The molecule has 80 valence electrons. The molecule has 0 aliphatic carbocycles. The summed E-state index contributed by atoms with van der Waals surface area (Å²) in [6, 6.07) is 7.29. The van der Waals surface area contributed by atoms with Crippen LogP contribution < -0.4 is 0 Å². The highest BCUT2D eigenvalue weighted by atomic mass is 127. The van der Waals surface area contributed by atoms with E-state index in [4.69, 9.17) is 11.6 Å². The topological polar surface area (TPSA) is 26.3 Å². The van der Waals surface area contributed by atoms with Gasteiger partial charge in [-0.2, -0.15) is 0 Å². The molecule has 0 atom stereocenters. The van der Waals surface area contributed by atoms with E-state index in [2.05, 4.69) is 27.3 Å². The molecular formula is C11H10ClIO2. The number of hydrogen-bond acceptors (Lipinski definition) is 2. The minimum Gasteiger partial charge on any atom is -0.466 e. The molecule has 0 saturated carbocycles. The highest BCUT2D eigenvalue weighted by Gasteiger charge is 2.07. The Morgan fingerprint density at radius 1 is 1.47 bits per heavy atom. The number of ether oxygens (including phenoxy) is 1. The molecule has 0 bridgehead atoms. The van der Waals surface area contributed by atoms with Crippen molar-refractivity contribution in [2.24, 2.45) is 0 Å². The molecule has 0 fully saturated rings. The van der Waals surface area contributed by atoms with Crippen LogP contribution in [0.5, 0.6) is 0 Å². The van der Waals surface area contributed by atoms with Gasteiger partial charge in [-0.15, -0.1) is 0 Å². The molecule has 0 saturated heterocycles. The minimum atomic E-state index is -0.292. The molecule has 4 heteroatoms. The van der Waals surface area contributed by atoms with E-state index in [1.54, 1.807) is 18.2 Å². The van der Waals surface area contributed by atoms with Gasteiger partial charge in [0.1, 0.15) is 0 Å². The maximum atomic E-state index is 11.3. The Kier molecular flexibility index (Phi) is 5.11. The summed E-state index contributed by atoms with van der Waals surface area (Å²) in [6.07, 6.45) is 1.80. The Morgan fingerprint density at radius 3 is 2.53 bits per heavy atom. The van der Waals surface area contributed by atoms with Crippen LogP contribution in [-0.4, -0.2) is 17.5 Å².